The van der Waals surface area contributed by atoms with Gasteiger partial charge in [-0.3, -0.25) is 4.90 Å². The Balaban J connectivity index is 1.16. The summed E-state index contributed by atoms with van der Waals surface area (Å²) in [7, 11) is 0. The third kappa shape index (κ3) is 4.22. The first-order chi connectivity index (χ1) is 14.7. The van der Waals surface area contributed by atoms with Crippen LogP contribution >= 0.6 is 0 Å². The van der Waals surface area contributed by atoms with Crippen LogP contribution in [-0.2, 0) is 9.47 Å². The van der Waals surface area contributed by atoms with E-state index in [0.717, 1.165) is 70.0 Å². The van der Waals surface area contributed by atoms with Gasteiger partial charge in [0.1, 0.15) is 13.2 Å². The predicted molar refractivity (Wildman–Crippen MR) is 111 cm³/mol. The standard InChI is InChI=1S/C22H31N3O5/c26-21(23-17-1-2-19-20(15-17)29-14-13-28-19)25-6-4-22(5-7-25)16-18(3-10-30-22)24-8-11-27-12-9-24/h1-2,15,18H,3-14,16H2,(H,23,26). The Labute approximate surface area is 177 Å². The third-order valence-electron chi connectivity index (χ3n) is 6.78. The molecule has 0 saturated carbocycles. The smallest absolute Gasteiger partial charge is 0.321 e. The van der Waals surface area contributed by atoms with Crippen molar-refractivity contribution in [1.82, 2.24) is 9.80 Å². The minimum Gasteiger partial charge on any atom is -0.486 e. The minimum absolute atomic E-state index is 0.0675. The van der Waals surface area contributed by atoms with Crippen molar-refractivity contribution in [2.75, 3.05) is 64.5 Å². The first-order valence-electron chi connectivity index (χ1n) is 11.1. The van der Waals surface area contributed by atoms with Crippen molar-refractivity contribution in [2.45, 2.75) is 37.3 Å². The molecule has 1 atom stereocenters. The molecule has 4 aliphatic rings. The van der Waals surface area contributed by atoms with E-state index in [0.29, 0.717) is 38.1 Å². The van der Waals surface area contributed by atoms with Crippen LogP contribution in [0.15, 0.2) is 18.2 Å². The maximum atomic E-state index is 12.8. The van der Waals surface area contributed by atoms with Crippen molar-refractivity contribution in [1.29, 1.82) is 0 Å². The summed E-state index contributed by atoms with van der Waals surface area (Å²) in [6.07, 6.45) is 3.94. The Kier molecular flexibility index (Phi) is 5.71. The third-order valence-corrected chi connectivity index (χ3v) is 6.78. The maximum Gasteiger partial charge on any atom is 0.321 e. The molecule has 1 unspecified atom stereocenters. The lowest BCUT2D eigenvalue weighted by molar-refractivity contribution is -0.135. The molecule has 0 radical (unpaired) electrons. The molecule has 164 valence electrons. The molecule has 4 heterocycles. The molecule has 3 saturated heterocycles. The summed E-state index contributed by atoms with van der Waals surface area (Å²) >= 11 is 0. The Bertz CT molecular complexity index is 759. The molecule has 1 N–H and O–H groups in total. The van der Waals surface area contributed by atoms with E-state index < -0.39 is 0 Å². The molecule has 2 amide bonds. The average molecular weight is 418 g/mol. The summed E-state index contributed by atoms with van der Waals surface area (Å²) in [6.45, 7) is 7.03. The highest BCUT2D eigenvalue weighted by Crippen LogP contribution is 2.37. The fourth-order valence-electron chi connectivity index (χ4n) is 5.05. The zero-order valence-electron chi connectivity index (χ0n) is 17.4. The fourth-order valence-corrected chi connectivity index (χ4v) is 5.05. The van der Waals surface area contributed by atoms with Crippen LogP contribution < -0.4 is 14.8 Å². The normalized spacial score (nSPS) is 26.4. The number of fused-ring (bicyclic) bond motifs is 1. The quantitative estimate of drug-likeness (QED) is 0.796. The molecule has 0 aromatic heterocycles. The number of hydrogen-bond acceptors (Lipinski definition) is 6. The summed E-state index contributed by atoms with van der Waals surface area (Å²) in [4.78, 5) is 17.3. The van der Waals surface area contributed by atoms with Crippen LogP contribution in [0.4, 0.5) is 10.5 Å². The van der Waals surface area contributed by atoms with Gasteiger partial charge in [-0.15, -0.1) is 0 Å². The van der Waals surface area contributed by atoms with Gasteiger partial charge in [0.05, 0.1) is 18.8 Å². The molecule has 30 heavy (non-hydrogen) atoms. The first-order valence-corrected chi connectivity index (χ1v) is 11.1. The molecule has 1 aromatic carbocycles. The number of nitrogens with zero attached hydrogens (tertiary/aromatic N) is 2. The van der Waals surface area contributed by atoms with Crippen LogP contribution in [-0.4, -0.2) is 86.7 Å². The minimum atomic E-state index is -0.0883. The summed E-state index contributed by atoms with van der Waals surface area (Å²) in [6, 6.07) is 6.03. The first kappa shape index (κ1) is 19.9. The lowest BCUT2D eigenvalue weighted by Gasteiger charge is -2.49. The zero-order chi connectivity index (χ0) is 20.4. The van der Waals surface area contributed by atoms with Gasteiger partial charge in [0, 0.05) is 50.6 Å². The van der Waals surface area contributed by atoms with Crippen molar-refractivity contribution in [3.05, 3.63) is 18.2 Å². The number of rotatable bonds is 2. The highest BCUT2D eigenvalue weighted by atomic mass is 16.6. The summed E-state index contributed by atoms with van der Waals surface area (Å²) < 4.78 is 22.9. The van der Waals surface area contributed by atoms with E-state index in [1.165, 1.54) is 0 Å². The van der Waals surface area contributed by atoms with Gasteiger partial charge in [0.15, 0.2) is 11.5 Å². The second-order valence-corrected chi connectivity index (χ2v) is 8.60. The number of nitrogens with one attached hydrogen (secondary N) is 1. The molecule has 8 heteroatoms. The molecule has 5 rings (SSSR count). The molecule has 1 aromatic rings. The van der Waals surface area contributed by atoms with E-state index in [1.54, 1.807) is 0 Å². The second-order valence-electron chi connectivity index (χ2n) is 8.60. The Morgan fingerprint density at radius 2 is 1.73 bits per heavy atom. The number of anilines is 1. The van der Waals surface area contributed by atoms with E-state index in [4.69, 9.17) is 18.9 Å². The Hall–Kier alpha value is -2.03. The molecule has 0 aliphatic carbocycles. The number of amides is 2. The number of carbonyl (C=O) groups is 1. The van der Waals surface area contributed by atoms with Gasteiger partial charge in [0.2, 0.25) is 0 Å². The van der Waals surface area contributed by atoms with Gasteiger partial charge in [-0.25, -0.2) is 4.79 Å². The number of ether oxygens (including phenoxy) is 4. The predicted octanol–water partition coefficient (Wildman–Crippen LogP) is 2.34. The molecule has 1 spiro atoms. The van der Waals surface area contributed by atoms with Crippen LogP contribution in [0.1, 0.15) is 25.7 Å². The van der Waals surface area contributed by atoms with E-state index in [2.05, 4.69) is 10.2 Å². The van der Waals surface area contributed by atoms with Crippen molar-refractivity contribution in [2.24, 2.45) is 0 Å². The van der Waals surface area contributed by atoms with Gasteiger partial charge >= 0.3 is 6.03 Å². The highest BCUT2D eigenvalue weighted by molar-refractivity contribution is 5.89. The molecular formula is C22H31N3O5. The number of hydrogen-bond donors (Lipinski definition) is 1. The Morgan fingerprint density at radius 1 is 0.967 bits per heavy atom. The lowest BCUT2D eigenvalue weighted by Crippen LogP contribution is -2.56. The van der Waals surface area contributed by atoms with Gasteiger partial charge in [-0.05, 0) is 37.8 Å². The van der Waals surface area contributed by atoms with E-state index in [9.17, 15) is 4.79 Å². The molecule has 3 fully saturated rings. The summed E-state index contributed by atoms with van der Waals surface area (Å²) in [5.41, 5.74) is 0.639. The second kappa shape index (κ2) is 8.61. The van der Waals surface area contributed by atoms with Crippen molar-refractivity contribution in [3.8, 4) is 11.5 Å². The van der Waals surface area contributed by atoms with Crippen LogP contribution in [0.5, 0.6) is 11.5 Å². The van der Waals surface area contributed by atoms with Gasteiger partial charge in [-0.1, -0.05) is 0 Å². The van der Waals surface area contributed by atoms with Gasteiger partial charge in [-0.2, -0.15) is 0 Å². The van der Waals surface area contributed by atoms with E-state index in [-0.39, 0.29) is 11.6 Å². The molecule has 4 aliphatic heterocycles. The SMILES string of the molecule is O=C(Nc1ccc2c(c1)OCCO2)N1CCC2(CC1)CC(N1CCOCC1)CCO2. The monoisotopic (exact) mass is 417 g/mol. The van der Waals surface area contributed by atoms with Crippen molar-refractivity contribution in [3.63, 3.8) is 0 Å². The van der Waals surface area contributed by atoms with E-state index in [1.807, 2.05) is 23.1 Å². The molecular weight excluding hydrogens is 386 g/mol. The van der Waals surface area contributed by atoms with E-state index >= 15 is 0 Å². The maximum absolute atomic E-state index is 12.8. The number of piperidine rings is 1. The lowest BCUT2D eigenvalue weighted by atomic mass is 9.82. The largest absolute Gasteiger partial charge is 0.486 e. The number of likely N-dealkylation sites (tertiary alicyclic amines) is 1. The Morgan fingerprint density at radius 3 is 2.53 bits per heavy atom. The summed E-state index contributed by atoms with van der Waals surface area (Å²) in [5, 5.41) is 3.00. The van der Waals surface area contributed by atoms with Crippen molar-refractivity contribution >= 4 is 11.7 Å². The van der Waals surface area contributed by atoms with Crippen LogP contribution in [0, 0.1) is 0 Å². The highest BCUT2D eigenvalue weighted by Gasteiger charge is 2.42. The van der Waals surface area contributed by atoms with Gasteiger partial charge < -0.3 is 29.2 Å². The molecule has 8 nitrogen and oxygen atoms in total. The number of carbonyl (C=O) groups excluding carboxylic acids is 1. The molecule has 0 bridgehead atoms. The van der Waals surface area contributed by atoms with Crippen molar-refractivity contribution < 1.29 is 23.7 Å². The number of urea groups is 1. The fraction of sp³-hybridized carbons (Fsp3) is 0.682. The van der Waals surface area contributed by atoms with Crippen LogP contribution in [0.25, 0.3) is 0 Å². The van der Waals surface area contributed by atoms with Crippen LogP contribution in [0.2, 0.25) is 0 Å². The van der Waals surface area contributed by atoms with Crippen LogP contribution in [0.3, 0.4) is 0 Å². The number of morpholine rings is 1. The zero-order valence-corrected chi connectivity index (χ0v) is 17.4. The number of benzene rings is 1. The summed E-state index contributed by atoms with van der Waals surface area (Å²) in [5.74, 6) is 1.41. The average Bonchev–Trinajstić information content (AvgIpc) is 2.80. The van der Waals surface area contributed by atoms with Gasteiger partial charge in [0.25, 0.3) is 0 Å². The topological polar surface area (TPSA) is 72.5 Å².